The highest BCUT2D eigenvalue weighted by Gasteiger charge is 2.47. The summed E-state index contributed by atoms with van der Waals surface area (Å²) in [7, 11) is 0. The highest BCUT2D eigenvalue weighted by atomic mass is 19.4. The van der Waals surface area contributed by atoms with Crippen molar-refractivity contribution < 1.29 is 27.1 Å². The van der Waals surface area contributed by atoms with E-state index < -0.39 is 24.4 Å². The molecule has 0 aliphatic heterocycles. The minimum Gasteiger partial charge on any atom is -0.447 e. The van der Waals surface area contributed by atoms with Crippen molar-refractivity contribution in [1.29, 1.82) is 0 Å². The smallest absolute Gasteiger partial charge is 0.430 e. The van der Waals surface area contributed by atoms with Crippen LogP contribution in [0.25, 0.3) is 0 Å². The second-order valence-electron chi connectivity index (χ2n) is 3.29. The maximum atomic E-state index is 12.6. The van der Waals surface area contributed by atoms with Gasteiger partial charge in [0.05, 0.1) is 0 Å². The van der Waals surface area contributed by atoms with E-state index in [1.165, 1.54) is 0 Å². The van der Waals surface area contributed by atoms with Crippen molar-refractivity contribution in [3.8, 4) is 11.8 Å². The molecule has 2 atom stereocenters. The van der Waals surface area contributed by atoms with Crippen LogP contribution in [0.5, 0.6) is 0 Å². The van der Waals surface area contributed by atoms with E-state index in [1.807, 2.05) is 0 Å². The lowest BCUT2D eigenvalue weighted by Gasteiger charge is -2.15. The van der Waals surface area contributed by atoms with Crippen LogP contribution in [0.2, 0.25) is 0 Å². The first-order valence-electron chi connectivity index (χ1n) is 5.22. The highest BCUT2D eigenvalue weighted by Crippen LogP contribution is 2.24. The van der Waals surface area contributed by atoms with Crippen LogP contribution < -0.4 is 0 Å². The van der Waals surface area contributed by atoms with E-state index in [9.17, 15) is 22.4 Å². The molecule has 17 heavy (non-hydrogen) atoms. The van der Waals surface area contributed by atoms with Gasteiger partial charge in [0, 0.05) is 6.42 Å². The third kappa shape index (κ3) is 6.15. The second-order valence-corrected chi connectivity index (χ2v) is 3.29. The number of halogens is 4. The molecule has 0 fully saturated rings. The number of alkyl halides is 4. The summed E-state index contributed by atoms with van der Waals surface area (Å²) >= 11 is 0. The predicted molar refractivity (Wildman–Crippen MR) is 53.8 cm³/mol. The number of rotatable bonds is 4. The highest BCUT2D eigenvalue weighted by molar-refractivity contribution is 5.75. The summed E-state index contributed by atoms with van der Waals surface area (Å²) < 4.78 is 52.6. The van der Waals surface area contributed by atoms with Crippen LogP contribution >= 0.6 is 0 Å². The Kier molecular flexibility index (Phi) is 6.62. The Hall–Kier alpha value is -1.25. The molecule has 0 N–H and O–H groups in total. The Labute approximate surface area is 97.3 Å². The third-order valence-corrected chi connectivity index (χ3v) is 1.74. The topological polar surface area (TPSA) is 26.3 Å². The molecule has 0 heterocycles. The van der Waals surface area contributed by atoms with Gasteiger partial charge in [-0.05, 0) is 6.42 Å². The standard InChI is InChI=1S/C11H14F4O2/c1-3-5-7-8(6-4-2)17-10(16)9(12)11(13,14)15/h8-9H,3-4,6H2,1-2H3. The Morgan fingerprint density at radius 2 is 1.94 bits per heavy atom. The number of carbonyl (C=O) groups excluding carboxylic acids is 1. The Bertz CT molecular complexity index is 301. The van der Waals surface area contributed by atoms with Gasteiger partial charge in [0.15, 0.2) is 6.10 Å². The van der Waals surface area contributed by atoms with Crippen molar-refractivity contribution in [2.75, 3.05) is 0 Å². The molecule has 0 saturated carbocycles. The van der Waals surface area contributed by atoms with Crippen molar-refractivity contribution in [2.24, 2.45) is 0 Å². The summed E-state index contributed by atoms with van der Waals surface area (Å²) in [6.07, 6.45) is -8.48. The average Bonchev–Trinajstić information content (AvgIpc) is 2.23. The molecule has 0 aromatic carbocycles. The summed E-state index contributed by atoms with van der Waals surface area (Å²) in [5.41, 5.74) is 0. The van der Waals surface area contributed by atoms with E-state index in [4.69, 9.17) is 0 Å². The first-order chi connectivity index (χ1) is 7.82. The van der Waals surface area contributed by atoms with Gasteiger partial charge in [0.2, 0.25) is 0 Å². The van der Waals surface area contributed by atoms with Gasteiger partial charge in [-0.1, -0.05) is 32.1 Å². The zero-order chi connectivity index (χ0) is 13.5. The van der Waals surface area contributed by atoms with Gasteiger partial charge in [-0.15, -0.1) is 0 Å². The van der Waals surface area contributed by atoms with Gasteiger partial charge in [0.25, 0.3) is 6.17 Å². The zero-order valence-corrected chi connectivity index (χ0v) is 9.60. The summed E-state index contributed by atoms with van der Waals surface area (Å²) in [6.45, 7) is 3.50. The van der Waals surface area contributed by atoms with Crippen molar-refractivity contribution in [3.63, 3.8) is 0 Å². The fourth-order valence-electron chi connectivity index (χ4n) is 0.972. The summed E-state index contributed by atoms with van der Waals surface area (Å²) in [6, 6.07) is 0. The Morgan fingerprint density at radius 1 is 1.35 bits per heavy atom. The molecule has 0 radical (unpaired) electrons. The normalized spacial score (nSPS) is 14.5. The molecule has 0 rings (SSSR count). The molecule has 0 aromatic rings. The quantitative estimate of drug-likeness (QED) is 0.438. The van der Waals surface area contributed by atoms with Crippen molar-refractivity contribution >= 4 is 5.97 Å². The molecule has 0 spiro atoms. The van der Waals surface area contributed by atoms with Crippen LogP contribution in [0, 0.1) is 11.8 Å². The molecule has 0 bridgehead atoms. The van der Waals surface area contributed by atoms with Gasteiger partial charge in [-0.3, -0.25) is 0 Å². The van der Waals surface area contributed by atoms with E-state index >= 15 is 0 Å². The van der Waals surface area contributed by atoms with Crippen LogP contribution in [-0.4, -0.2) is 24.4 Å². The summed E-state index contributed by atoms with van der Waals surface area (Å²) in [5, 5.41) is 0. The van der Waals surface area contributed by atoms with Crippen LogP contribution in [0.15, 0.2) is 0 Å². The number of carbonyl (C=O) groups is 1. The van der Waals surface area contributed by atoms with Gasteiger partial charge >= 0.3 is 12.1 Å². The molecule has 0 amide bonds. The Balaban J connectivity index is 4.50. The number of hydrogen-bond acceptors (Lipinski definition) is 2. The molecule has 0 aliphatic carbocycles. The SMILES string of the molecule is CCC#CC(CCC)OC(=O)C(F)C(F)(F)F. The van der Waals surface area contributed by atoms with Gasteiger partial charge < -0.3 is 4.74 Å². The zero-order valence-electron chi connectivity index (χ0n) is 9.60. The summed E-state index contributed by atoms with van der Waals surface area (Å²) in [5.74, 6) is 3.14. The molecule has 0 saturated heterocycles. The molecule has 0 aliphatic rings. The van der Waals surface area contributed by atoms with E-state index in [0.717, 1.165) is 0 Å². The third-order valence-electron chi connectivity index (χ3n) is 1.74. The molecule has 2 unspecified atom stereocenters. The van der Waals surface area contributed by atoms with E-state index in [-0.39, 0.29) is 6.42 Å². The summed E-state index contributed by atoms with van der Waals surface area (Å²) in [4.78, 5) is 10.9. The number of esters is 1. The lowest BCUT2D eigenvalue weighted by atomic mass is 10.2. The van der Waals surface area contributed by atoms with E-state index in [1.54, 1.807) is 13.8 Å². The van der Waals surface area contributed by atoms with Crippen molar-refractivity contribution in [1.82, 2.24) is 0 Å². The monoisotopic (exact) mass is 254 g/mol. The fraction of sp³-hybridized carbons (Fsp3) is 0.727. The average molecular weight is 254 g/mol. The van der Waals surface area contributed by atoms with Crippen LogP contribution in [-0.2, 0) is 9.53 Å². The lowest BCUT2D eigenvalue weighted by molar-refractivity contribution is -0.202. The maximum absolute atomic E-state index is 12.6. The van der Waals surface area contributed by atoms with E-state index in [0.29, 0.717) is 12.8 Å². The molecule has 98 valence electrons. The number of hydrogen-bond donors (Lipinski definition) is 0. The first-order valence-corrected chi connectivity index (χ1v) is 5.22. The fourth-order valence-corrected chi connectivity index (χ4v) is 0.972. The molecular formula is C11H14F4O2. The molecule has 0 aromatic heterocycles. The van der Waals surface area contributed by atoms with Gasteiger partial charge in [-0.2, -0.15) is 13.2 Å². The van der Waals surface area contributed by atoms with Gasteiger partial charge in [-0.25, -0.2) is 9.18 Å². The van der Waals surface area contributed by atoms with Crippen LogP contribution in [0.4, 0.5) is 17.6 Å². The van der Waals surface area contributed by atoms with Crippen LogP contribution in [0.3, 0.4) is 0 Å². The molecule has 2 nitrogen and oxygen atoms in total. The molecular weight excluding hydrogens is 240 g/mol. The second kappa shape index (κ2) is 7.15. The maximum Gasteiger partial charge on any atom is 0.430 e. The van der Waals surface area contributed by atoms with Gasteiger partial charge in [0.1, 0.15) is 0 Å². The Morgan fingerprint density at radius 3 is 2.35 bits per heavy atom. The van der Waals surface area contributed by atoms with E-state index in [2.05, 4.69) is 16.6 Å². The molecule has 6 heteroatoms. The number of ether oxygens (including phenoxy) is 1. The minimum absolute atomic E-state index is 0.281. The van der Waals surface area contributed by atoms with Crippen molar-refractivity contribution in [2.45, 2.75) is 51.6 Å². The lowest BCUT2D eigenvalue weighted by Crippen LogP contribution is -2.36. The first kappa shape index (κ1) is 15.8. The largest absolute Gasteiger partial charge is 0.447 e. The van der Waals surface area contributed by atoms with Crippen LogP contribution in [0.1, 0.15) is 33.1 Å². The predicted octanol–water partition coefficient (Wildman–Crippen LogP) is 3.01. The van der Waals surface area contributed by atoms with Crippen molar-refractivity contribution in [3.05, 3.63) is 0 Å². The minimum atomic E-state index is -5.23.